The maximum Gasteiger partial charge on any atom is 0.134 e. The Balaban J connectivity index is 2.45. The number of nitrogens with two attached hydrogens (primary N) is 1. The Morgan fingerprint density at radius 3 is 2.13 bits per heavy atom. The van der Waals surface area contributed by atoms with Gasteiger partial charge in [0.15, 0.2) is 0 Å². The van der Waals surface area contributed by atoms with Crippen LogP contribution in [0.2, 0.25) is 5.02 Å². The summed E-state index contributed by atoms with van der Waals surface area (Å²) in [6, 6.07) is 12.6. The normalized spacial score (nSPS) is 10.2. The van der Waals surface area contributed by atoms with Gasteiger partial charge in [0.1, 0.15) is 5.75 Å². The summed E-state index contributed by atoms with van der Waals surface area (Å²) in [6.07, 6.45) is 0. The van der Waals surface area contributed by atoms with Gasteiger partial charge in [0, 0.05) is 5.69 Å². The highest BCUT2D eigenvalue weighted by molar-refractivity contribution is 6.32. The van der Waals surface area contributed by atoms with Crippen LogP contribution in [0.5, 0.6) is 5.75 Å². The number of halogens is 1. The molecule has 3 N–H and O–H groups in total. The van der Waals surface area contributed by atoms with E-state index in [2.05, 4.69) is 0 Å². The quantitative estimate of drug-likeness (QED) is 0.723. The van der Waals surface area contributed by atoms with Crippen LogP contribution in [0.4, 0.5) is 5.69 Å². The molecule has 0 aliphatic rings. The second-order valence-corrected chi connectivity index (χ2v) is 3.70. The fourth-order valence-electron chi connectivity index (χ4n) is 1.36. The molecule has 0 unspecified atom stereocenters. The predicted octanol–water partition coefficient (Wildman–Crippen LogP) is 3.29. The maximum atomic E-state index is 9.28. The topological polar surface area (TPSA) is 46.2 Å². The molecule has 0 heterocycles. The highest BCUT2D eigenvalue weighted by atomic mass is 35.5. The molecule has 0 spiro atoms. The Morgan fingerprint density at radius 1 is 0.933 bits per heavy atom. The zero-order valence-electron chi connectivity index (χ0n) is 7.94. The van der Waals surface area contributed by atoms with Crippen LogP contribution >= 0.6 is 11.6 Å². The average Bonchev–Trinajstić information content (AvgIpc) is 2.23. The van der Waals surface area contributed by atoms with Gasteiger partial charge in [0.2, 0.25) is 0 Å². The zero-order valence-corrected chi connectivity index (χ0v) is 8.70. The molecule has 0 bridgehead atoms. The van der Waals surface area contributed by atoms with Gasteiger partial charge in [-0.15, -0.1) is 0 Å². The van der Waals surface area contributed by atoms with Crippen LogP contribution in [0, 0.1) is 0 Å². The molecule has 0 atom stereocenters. The Labute approximate surface area is 92.9 Å². The minimum absolute atomic E-state index is 0.0934. The van der Waals surface area contributed by atoms with E-state index in [1.54, 1.807) is 12.1 Å². The molecule has 2 rings (SSSR count). The van der Waals surface area contributed by atoms with Crippen molar-refractivity contribution in [2.75, 3.05) is 5.73 Å². The SMILES string of the molecule is Nc1ccc(-c2ccc(O)c(Cl)c2)cc1. The molecule has 0 amide bonds. The number of hydrogen-bond donors (Lipinski definition) is 2. The lowest BCUT2D eigenvalue weighted by atomic mass is 10.1. The van der Waals surface area contributed by atoms with Gasteiger partial charge in [-0.05, 0) is 35.4 Å². The number of anilines is 1. The number of nitrogen functional groups attached to an aromatic ring is 1. The van der Waals surface area contributed by atoms with Crippen molar-refractivity contribution in [2.45, 2.75) is 0 Å². The number of benzene rings is 2. The van der Waals surface area contributed by atoms with E-state index < -0.39 is 0 Å². The van der Waals surface area contributed by atoms with Crippen LogP contribution in [0.25, 0.3) is 11.1 Å². The van der Waals surface area contributed by atoms with Crippen molar-refractivity contribution >= 4 is 17.3 Å². The van der Waals surface area contributed by atoms with E-state index in [9.17, 15) is 5.11 Å². The van der Waals surface area contributed by atoms with Crippen molar-refractivity contribution in [1.29, 1.82) is 0 Å². The van der Waals surface area contributed by atoms with Gasteiger partial charge in [-0.2, -0.15) is 0 Å². The van der Waals surface area contributed by atoms with Gasteiger partial charge in [0.25, 0.3) is 0 Å². The Morgan fingerprint density at radius 2 is 1.53 bits per heavy atom. The second-order valence-electron chi connectivity index (χ2n) is 3.29. The predicted molar refractivity (Wildman–Crippen MR) is 63.0 cm³/mol. The van der Waals surface area contributed by atoms with E-state index in [0.29, 0.717) is 5.02 Å². The van der Waals surface area contributed by atoms with E-state index in [0.717, 1.165) is 16.8 Å². The summed E-state index contributed by atoms with van der Waals surface area (Å²) in [5, 5.41) is 9.63. The number of phenolic OH excluding ortho intramolecular Hbond substituents is 1. The lowest BCUT2D eigenvalue weighted by Crippen LogP contribution is -1.83. The number of aromatic hydroxyl groups is 1. The first kappa shape index (κ1) is 9.87. The third-order valence-electron chi connectivity index (χ3n) is 2.19. The summed E-state index contributed by atoms with van der Waals surface area (Å²) >= 11 is 5.82. The summed E-state index contributed by atoms with van der Waals surface area (Å²) < 4.78 is 0. The molecule has 15 heavy (non-hydrogen) atoms. The largest absolute Gasteiger partial charge is 0.506 e. The lowest BCUT2D eigenvalue weighted by Gasteiger charge is -2.03. The maximum absolute atomic E-state index is 9.28. The van der Waals surface area contributed by atoms with Gasteiger partial charge in [0.05, 0.1) is 5.02 Å². The van der Waals surface area contributed by atoms with Crippen LogP contribution in [0.3, 0.4) is 0 Å². The average molecular weight is 220 g/mol. The summed E-state index contributed by atoms with van der Waals surface area (Å²) in [5.41, 5.74) is 8.29. The molecule has 0 aliphatic carbocycles. The van der Waals surface area contributed by atoms with Crippen molar-refractivity contribution in [3.63, 3.8) is 0 Å². The van der Waals surface area contributed by atoms with Crippen molar-refractivity contribution in [1.82, 2.24) is 0 Å². The summed E-state index contributed by atoms with van der Waals surface area (Å²) in [5.74, 6) is 0.0934. The first-order chi connectivity index (χ1) is 7.16. The fourth-order valence-corrected chi connectivity index (χ4v) is 1.54. The molecule has 76 valence electrons. The Hall–Kier alpha value is -1.67. The van der Waals surface area contributed by atoms with Crippen molar-refractivity contribution in [3.8, 4) is 16.9 Å². The van der Waals surface area contributed by atoms with Gasteiger partial charge in [-0.25, -0.2) is 0 Å². The minimum atomic E-state index is 0.0934. The van der Waals surface area contributed by atoms with Crippen LogP contribution in [0.1, 0.15) is 0 Å². The molecule has 2 aromatic carbocycles. The molecule has 2 aromatic rings. The third-order valence-corrected chi connectivity index (χ3v) is 2.49. The number of phenols is 1. The molecule has 2 nitrogen and oxygen atoms in total. The van der Waals surface area contributed by atoms with E-state index >= 15 is 0 Å². The molecule has 0 aromatic heterocycles. The van der Waals surface area contributed by atoms with Crippen molar-refractivity contribution in [3.05, 3.63) is 47.5 Å². The van der Waals surface area contributed by atoms with Gasteiger partial charge < -0.3 is 10.8 Å². The molecular formula is C12H10ClNO. The summed E-state index contributed by atoms with van der Waals surface area (Å²) in [4.78, 5) is 0. The zero-order chi connectivity index (χ0) is 10.8. The monoisotopic (exact) mass is 219 g/mol. The van der Waals surface area contributed by atoms with Gasteiger partial charge >= 0.3 is 0 Å². The second kappa shape index (κ2) is 3.83. The van der Waals surface area contributed by atoms with Crippen LogP contribution < -0.4 is 5.73 Å². The van der Waals surface area contributed by atoms with Crippen molar-refractivity contribution in [2.24, 2.45) is 0 Å². The van der Waals surface area contributed by atoms with Gasteiger partial charge in [-0.1, -0.05) is 29.8 Å². The highest BCUT2D eigenvalue weighted by Gasteiger charge is 2.01. The summed E-state index contributed by atoms with van der Waals surface area (Å²) in [6.45, 7) is 0. The van der Waals surface area contributed by atoms with E-state index in [-0.39, 0.29) is 5.75 Å². The first-order valence-electron chi connectivity index (χ1n) is 4.51. The lowest BCUT2D eigenvalue weighted by molar-refractivity contribution is 0.475. The Bertz CT molecular complexity index is 479. The van der Waals surface area contributed by atoms with E-state index in [1.807, 2.05) is 30.3 Å². The van der Waals surface area contributed by atoms with Crippen LogP contribution in [-0.4, -0.2) is 5.11 Å². The summed E-state index contributed by atoms with van der Waals surface area (Å²) in [7, 11) is 0. The number of hydrogen-bond acceptors (Lipinski definition) is 2. The van der Waals surface area contributed by atoms with Crippen LogP contribution in [0.15, 0.2) is 42.5 Å². The number of rotatable bonds is 1. The van der Waals surface area contributed by atoms with Crippen LogP contribution in [-0.2, 0) is 0 Å². The molecule has 0 aliphatic heterocycles. The smallest absolute Gasteiger partial charge is 0.134 e. The molecule has 0 saturated heterocycles. The third kappa shape index (κ3) is 2.05. The fraction of sp³-hybridized carbons (Fsp3) is 0. The molecule has 0 saturated carbocycles. The molecule has 3 heteroatoms. The molecular weight excluding hydrogens is 210 g/mol. The van der Waals surface area contributed by atoms with Gasteiger partial charge in [-0.3, -0.25) is 0 Å². The standard InChI is InChI=1S/C12H10ClNO/c13-11-7-9(3-6-12(11)15)8-1-4-10(14)5-2-8/h1-7,15H,14H2. The minimum Gasteiger partial charge on any atom is -0.506 e. The first-order valence-corrected chi connectivity index (χ1v) is 4.89. The van der Waals surface area contributed by atoms with E-state index in [4.69, 9.17) is 17.3 Å². The Kier molecular flexibility index (Phi) is 2.52. The molecule has 0 radical (unpaired) electrons. The highest BCUT2D eigenvalue weighted by Crippen LogP contribution is 2.29. The van der Waals surface area contributed by atoms with Crippen molar-refractivity contribution < 1.29 is 5.11 Å². The molecule has 0 fully saturated rings. The van der Waals surface area contributed by atoms with E-state index in [1.165, 1.54) is 0 Å².